The summed E-state index contributed by atoms with van der Waals surface area (Å²) in [6, 6.07) is 0. The molecule has 13 heteroatoms. The first-order valence-corrected chi connectivity index (χ1v) is 11.0. The van der Waals surface area contributed by atoms with Gasteiger partial charge in [-0.15, -0.1) is 12.6 Å². The number of rotatable bonds is 5. The van der Waals surface area contributed by atoms with Gasteiger partial charge >= 0.3 is 0 Å². The molecule has 32 heavy (non-hydrogen) atoms. The fraction of sp³-hybridized carbons (Fsp3) is 0.526. The van der Waals surface area contributed by atoms with E-state index in [0.717, 1.165) is 23.4 Å². The Bertz CT molecular complexity index is 974. The maximum Gasteiger partial charge on any atom is 0.280 e. The van der Waals surface area contributed by atoms with Crippen molar-refractivity contribution in [2.24, 2.45) is 4.99 Å². The van der Waals surface area contributed by atoms with Crippen LogP contribution < -0.4 is 27.4 Å². The zero-order valence-corrected chi connectivity index (χ0v) is 19.7. The van der Waals surface area contributed by atoms with E-state index < -0.39 is 5.91 Å². The van der Waals surface area contributed by atoms with Crippen LogP contribution in [-0.4, -0.2) is 64.9 Å². The fourth-order valence-corrected chi connectivity index (χ4v) is 3.94. The third-order valence-electron chi connectivity index (χ3n) is 5.73. The maximum atomic E-state index is 12.6. The van der Waals surface area contributed by atoms with Crippen LogP contribution in [0.25, 0.3) is 0 Å². The van der Waals surface area contributed by atoms with Crippen LogP contribution in [0.15, 0.2) is 15.6 Å². The molecule has 0 aromatic carbocycles. The van der Waals surface area contributed by atoms with E-state index in [1.807, 2.05) is 18.9 Å². The first kappa shape index (κ1) is 23.9. The summed E-state index contributed by atoms with van der Waals surface area (Å²) in [4.78, 5) is 39.9. The Hall–Kier alpha value is -2.73. The zero-order chi connectivity index (χ0) is 23.5. The molecule has 0 bridgehead atoms. The summed E-state index contributed by atoms with van der Waals surface area (Å²) in [5.41, 5.74) is 11.8. The number of amides is 2. The molecule has 1 aromatic rings. The fourth-order valence-electron chi connectivity index (χ4n) is 3.59. The van der Waals surface area contributed by atoms with Crippen LogP contribution in [0.4, 0.5) is 11.6 Å². The Balaban J connectivity index is 1.51. The summed E-state index contributed by atoms with van der Waals surface area (Å²) < 4.78 is 0. The molecule has 0 saturated carbocycles. The number of carbonyl (C=O) groups is 2. The lowest BCUT2D eigenvalue weighted by Gasteiger charge is -2.39. The number of carbonyl (C=O) groups excluding carboxylic acids is 2. The average molecular weight is 482 g/mol. The first-order chi connectivity index (χ1) is 15.1. The lowest BCUT2D eigenvalue weighted by molar-refractivity contribution is -0.132. The molecule has 3 rings (SSSR count). The number of nitrogens with zero attached hydrogens (tertiary/aromatic N) is 4. The average Bonchev–Trinajstić information content (AvgIpc) is 3.15. The van der Waals surface area contributed by atoms with Crippen molar-refractivity contribution in [3.63, 3.8) is 0 Å². The molecule has 3 heterocycles. The highest BCUT2D eigenvalue weighted by Crippen LogP contribution is 2.27. The highest BCUT2D eigenvalue weighted by Gasteiger charge is 2.40. The summed E-state index contributed by atoms with van der Waals surface area (Å²) in [5, 5.41) is 8.89. The van der Waals surface area contributed by atoms with Gasteiger partial charge in [-0.25, -0.2) is 9.97 Å². The van der Waals surface area contributed by atoms with E-state index in [0.29, 0.717) is 38.4 Å². The molecule has 1 fully saturated rings. The molecule has 0 radical (unpaired) electrons. The number of nitrogens with two attached hydrogens (primary N) is 2. The number of nitrogens with one attached hydrogen (secondary N) is 3. The Morgan fingerprint density at radius 2 is 1.91 bits per heavy atom. The third kappa shape index (κ3) is 5.36. The van der Waals surface area contributed by atoms with Gasteiger partial charge in [0.2, 0.25) is 5.91 Å². The third-order valence-corrected chi connectivity index (χ3v) is 6.57. The number of hydrogen-bond donors (Lipinski definition) is 6. The zero-order valence-electron chi connectivity index (χ0n) is 18.0. The van der Waals surface area contributed by atoms with Crippen LogP contribution in [-0.2, 0) is 4.79 Å². The molecule has 11 nitrogen and oxygen atoms in total. The molecule has 2 amide bonds. The van der Waals surface area contributed by atoms with Crippen LogP contribution >= 0.6 is 24.2 Å². The predicted octanol–water partition coefficient (Wildman–Crippen LogP) is 0.506. The largest absolute Gasteiger partial charge is 0.391 e. The van der Waals surface area contributed by atoms with Crippen LogP contribution in [0, 0.1) is 0 Å². The lowest BCUT2D eigenvalue weighted by Crippen LogP contribution is -2.56. The summed E-state index contributed by atoms with van der Waals surface area (Å²) in [6.07, 6.45) is 2.46. The number of guanidine groups is 1. The smallest absolute Gasteiger partial charge is 0.280 e. The standard InChI is InChI=1S/C19H28ClN9O2S/c1-10(23-2)11(32)3-4-12(30)29-7-5-19(6-8-29)9-24-18(28-19)27-17(31)13-15(21)26-16(22)14(20)25-13/h23,32H,3-9H2,1-2H3,(H4,21,22,26)(H2,24,27,28,31)/b11-10-. The van der Waals surface area contributed by atoms with Crippen molar-refractivity contribution in [2.45, 2.75) is 38.1 Å². The van der Waals surface area contributed by atoms with E-state index in [-0.39, 0.29) is 33.9 Å². The van der Waals surface area contributed by atoms with Crippen molar-refractivity contribution in [2.75, 3.05) is 38.1 Å². The molecule has 0 aliphatic carbocycles. The van der Waals surface area contributed by atoms with E-state index in [9.17, 15) is 9.59 Å². The molecule has 1 saturated heterocycles. The Morgan fingerprint density at radius 3 is 2.56 bits per heavy atom. The summed E-state index contributed by atoms with van der Waals surface area (Å²) >= 11 is 10.3. The Kier molecular flexibility index (Phi) is 7.34. The number of aliphatic imine (C=N–C) groups is 1. The number of halogens is 1. The van der Waals surface area contributed by atoms with Crippen LogP contribution in [0.1, 0.15) is 43.1 Å². The molecule has 0 unspecified atom stereocenters. The highest BCUT2D eigenvalue weighted by atomic mass is 35.5. The van der Waals surface area contributed by atoms with E-state index in [1.54, 1.807) is 0 Å². The van der Waals surface area contributed by atoms with E-state index in [2.05, 4.69) is 43.5 Å². The molecular weight excluding hydrogens is 454 g/mol. The van der Waals surface area contributed by atoms with Gasteiger partial charge in [0.15, 0.2) is 28.4 Å². The minimum absolute atomic E-state index is 0.0453. The second-order valence-electron chi connectivity index (χ2n) is 7.86. The van der Waals surface area contributed by atoms with Gasteiger partial charge < -0.3 is 27.0 Å². The van der Waals surface area contributed by atoms with Crippen LogP contribution in [0.2, 0.25) is 5.15 Å². The van der Waals surface area contributed by atoms with Crippen molar-refractivity contribution in [3.8, 4) is 0 Å². The SMILES string of the molecule is CN/C(C)=C(\S)CCC(=O)N1CCC2(CC1)CN=C(NC(=O)c1nc(Cl)c(N)nc1N)N2. The molecule has 174 valence electrons. The number of anilines is 2. The maximum absolute atomic E-state index is 12.6. The van der Waals surface area contributed by atoms with Crippen molar-refractivity contribution in [1.29, 1.82) is 0 Å². The van der Waals surface area contributed by atoms with Gasteiger partial charge in [0.1, 0.15) is 0 Å². The molecule has 1 spiro atoms. The summed E-state index contributed by atoms with van der Waals surface area (Å²) in [6.45, 7) is 3.66. The van der Waals surface area contributed by atoms with E-state index in [1.165, 1.54) is 0 Å². The van der Waals surface area contributed by atoms with Crippen molar-refractivity contribution >= 4 is 53.6 Å². The number of allylic oxidation sites excluding steroid dienone is 2. The van der Waals surface area contributed by atoms with Gasteiger partial charge in [0.05, 0.1) is 12.1 Å². The van der Waals surface area contributed by atoms with Crippen molar-refractivity contribution in [1.82, 2.24) is 30.8 Å². The number of piperidine rings is 1. The lowest BCUT2D eigenvalue weighted by atomic mass is 9.88. The monoisotopic (exact) mass is 481 g/mol. The van der Waals surface area contributed by atoms with Crippen molar-refractivity contribution in [3.05, 3.63) is 21.4 Å². The number of thiol groups is 1. The number of hydrogen-bond acceptors (Lipinski definition) is 10. The highest BCUT2D eigenvalue weighted by molar-refractivity contribution is 7.84. The van der Waals surface area contributed by atoms with Gasteiger partial charge in [-0.2, -0.15) is 0 Å². The summed E-state index contributed by atoms with van der Waals surface area (Å²) in [5.74, 6) is -0.307. The Morgan fingerprint density at radius 1 is 1.22 bits per heavy atom. The topological polar surface area (TPSA) is 164 Å². The first-order valence-electron chi connectivity index (χ1n) is 10.2. The molecule has 1 aromatic heterocycles. The molecule has 7 N–H and O–H groups in total. The predicted molar refractivity (Wildman–Crippen MR) is 127 cm³/mol. The van der Waals surface area contributed by atoms with Gasteiger partial charge in [-0.3, -0.25) is 19.9 Å². The second kappa shape index (κ2) is 9.82. The Labute approximate surface area is 196 Å². The van der Waals surface area contributed by atoms with Crippen LogP contribution in [0.5, 0.6) is 0 Å². The van der Waals surface area contributed by atoms with E-state index in [4.69, 9.17) is 23.1 Å². The van der Waals surface area contributed by atoms with Crippen LogP contribution in [0.3, 0.4) is 0 Å². The quantitative estimate of drug-likeness (QED) is 0.331. The summed E-state index contributed by atoms with van der Waals surface area (Å²) in [7, 11) is 1.83. The van der Waals surface area contributed by atoms with E-state index >= 15 is 0 Å². The van der Waals surface area contributed by atoms with Crippen molar-refractivity contribution < 1.29 is 9.59 Å². The minimum atomic E-state index is -0.583. The van der Waals surface area contributed by atoms with Gasteiger partial charge in [-0.1, -0.05) is 11.6 Å². The minimum Gasteiger partial charge on any atom is -0.391 e. The molecular formula is C19H28ClN9O2S. The van der Waals surface area contributed by atoms with Gasteiger partial charge in [0, 0.05) is 37.2 Å². The number of nitrogen functional groups attached to an aromatic ring is 2. The molecule has 2 aliphatic rings. The van der Waals surface area contributed by atoms with Gasteiger partial charge in [-0.05, 0) is 26.2 Å². The normalized spacial score (nSPS) is 18.0. The van der Waals surface area contributed by atoms with Gasteiger partial charge in [0.25, 0.3) is 5.91 Å². The molecule has 0 atom stereocenters. The molecule has 2 aliphatic heterocycles. The number of likely N-dealkylation sites (tertiary alicyclic amines) is 1. The number of aromatic nitrogens is 2. The second-order valence-corrected chi connectivity index (χ2v) is 8.76.